The first kappa shape index (κ1) is 18.0. The van der Waals surface area contributed by atoms with E-state index in [4.69, 9.17) is 0 Å². The minimum Gasteiger partial charge on any atom is -0.297 e. The van der Waals surface area contributed by atoms with Crippen molar-refractivity contribution >= 4 is 26.1 Å². The predicted octanol–water partition coefficient (Wildman–Crippen LogP) is 0.0181. The van der Waals surface area contributed by atoms with E-state index < -0.39 is 9.84 Å². The number of piperazine rings is 1. The van der Waals surface area contributed by atoms with Crippen LogP contribution < -0.4 is 5.56 Å². The third kappa shape index (κ3) is 3.68. The molecular weight excluding hydrogens is 374 g/mol. The fraction of sp³-hybridized carbons (Fsp3) is 0.688. The second kappa shape index (κ2) is 6.99. The molecule has 2 aromatic heterocycles. The first-order valence-corrected chi connectivity index (χ1v) is 11.6. The van der Waals surface area contributed by atoms with Crippen LogP contribution in [-0.4, -0.2) is 76.5 Å². The van der Waals surface area contributed by atoms with Crippen LogP contribution >= 0.6 is 11.3 Å². The molecule has 0 radical (unpaired) electrons. The highest BCUT2D eigenvalue weighted by Gasteiger charge is 2.33. The van der Waals surface area contributed by atoms with E-state index in [2.05, 4.69) is 19.9 Å². The number of fused-ring (bicyclic) bond motifs is 1. The molecule has 4 rings (SSSR count). The lowest BCUT2D eigenvalue weighted by Gasteiger charge is -2.37. The summed E-state index contributed by atoms with van der Waals surface area (Å²) in [5, 5.41) is 5.18. The summed E-state index contributed by atoms with van der Waals surface area (Å²) in [5.41, 5.74) is 0.647. The molecule has 142 valence electrons. The van der Waals surface area contributed by atoms with Gasteiger partial charge in [-0.15, -0.1) is 0 Å². The molecule has 8 nitrogen and oxygen atoms in total. The molecule has 26 heavy (non-hydrogen) atoms. The summed E-state index contributed by atoms with van der Waals surface area (Å²) in [6.07, 6.45) is 1.55. The Hall–Kier alpha value is -1.36. The van der Waals surface area contributed by atoms with E-state index >= 15 is 0 Å². The minimum atomic E-state index is -2.84. The molecule has 2 saturated heterocycles. The summed E-state index contributed by atoms with van der Waals surface area (Å²) in [7, 11) is -2.84. The SMILES string of the molecule is CCc1nn2c(=O)cc(CN3CCN([C@H]4CCS(=O)(=O)C4)CC3)nc2s1. The number of hydrogen-bond donors (Lipinski definition) is 0. The van der Waals surface area contributed by atoms with E-state index in [1.807, 2.05) is 6.92 Å². The largest absolute Gasteiger partial charge is 0.297 e. The molecule has 0 saturated carbocycles. The standard InChI is InChI=1S/C16H23N5O3S2/c1-2-14-18-21-15(22)9-12(17-16(21)25-14)10-19-4-6-20(7-5-19)13-3-8-26(23,24)11-13/h9,13H,2-8,10-11H2,1H3/t13-/m0/s1. The van der Waals surface area contributed by atoms with Crippen molar-refractivity contribution in [3.63, 3.8) is 0 Å². The molecule has 0 aromatic carbocycles. The van der Waals surface area contributed by atoms with E-state index in [-0.39, 0.29) is 11.6 Å². The van der Waals surface area contributed by atoms with Gasteiger partial charge in [0, 0.05) is 44.8 Å². The van der Waals surface area contributed by atoms with Gasteiger partial charge in [0.25, 0.3) is 5.56 Å². The number of aryl methyl sites for hydroxylation is 1. The van der Waals surface area contributed by atoms with Gasteiger partial charge in [0.1, 0.15) is 5.01 Å². The van der Waals surface area contributed by atoms with Gasteiger partial charge in [0.05, 0.1) is 17.2 Å². The summed E-state index contributed by atoms with van der Waals surface area (Å²) in [4.78, 5) is 22.1. The van der Waals surface area contributed by atoms with Crippen LogP contribution in [0.3, 0.4) is 0 Å². The van der Waals surface area contributed by atoms with Gasteiger partial charge in [-0.3, -0.25) is 14.6 Å². The number of rotatable bonds is 4. The molecule has 0 unspecified atom stereocenters. The average molecular weight is 398 g/mol. The topological polar surface area (TPSA) is 87.9 Å². The van der Waals surface area contributed by atoms with Crippen molar-refractivity contribution in [2.24, 2.45) is 0 Å². The van der Waals surface area contributed by atoms with E-state index in [1.165, 1.54) is 15.9 Å². The average Bonchev–Trinajstić information content (AvgIpc) is 3.19. The molecule has 2 aliphatic rings. The van der Waals surface area contributed by atoms with E-state index in [1.54, 1.807) is 6.07 Å². The Morgan fingerprint density at radius 1 is 1.27 bits per heavy atom. The van der Waals surface area contributed by atoms with Crippen LogP contribution in [0.2, 0.25) is 0 Å². The monoisotopic (exact) mass is 397 g/mol. The number of sulfone groups is 1. The zero-order valence-electron chi connectivity index (χ0n) is 14.8. The summed E-state index contributed by atoms with van der Waals surface area (Å²) in [6.45, 7) is 6.10. The lowest BCUT2D eigenvalue weighted by molar-refractivity contribution is 0.0992. The predicted molar refractivity (Wildman–Crippen MR) is 100 cm³/mol. The van der Waals surface area contributed by atoms with Crippen molar-refractivity contribution in [2.45, 2.75) is 32.4 Å². The number of hydrogen-bond acceptors (Lipinski definition) is 8. The Bertz CT molecular complexity index is 960. The van der Waals surface area contributed by atoms with E-state index in [0.29, 0.717) is 23.0 Å². The molecular formula is C16H23N5O3S2. The third-order valence-corrected chi connectivity index (χ3v) is 7.96. The lowest BCUT2D eigenvalue weighted by atomic mass is 10.2. The Balaban J connectivity index is 1.40. The molecule has 1 atom stereocenters. The Morgan fingerprint density at radius 3 is 2.69 bits per heavy atom. The fourth-order valence-electron chi connectivity index (χ4n) is 3.70. The molecule has 4 heterocycles. The first-order valence-electron chi connectivity index (χ1n) is 8.99. The highest BCUT2D eigenvalue weighted by molar-refractivity contribution is 7.91. The maximum absolute atomic E-state index is 12.2. The van der Waals surface area contributed by atoms with Crippen LogP contribution in [0.25, 0.3) is 4.96 Å². The molecule has 2 aliphatic heterocycles. The smallest absolute Gasteiger partial charge is 0.275 e. The fourth-order valence-corrected chi connectivity index (χ4v) is 6.32. The molecule has 2 aromatic rings. The highest BCUT2D eigenvalue weighted by Crippen LogP contribution is 2.20. The van der Waals surface area contributed by atoms with Gasteiger partial charge in [-0.2, -0.15) is 9.61 Å². The van der Waals surface area contributed by atoms with Crippen LogP contribution in [0.5, 0.6) is 0 Å². The van der Waals surface area contributed by atoms with Crippen molar-refractivity contribution in [1.82, 2.24) is 24.4 Å². The molecule has 0 spiro atoms. The van der Waals surface area contributed by atoms with Crippen LogP contribution in [0.1, 0.15) is 24.0 Å². The lowest BCUT2D eigenvalue weighted by Crippen LogP contribution is -2.50. The van der Waals surface area contributed by atoms with Gasteiger partial charge < -0.3 is 0 Å². The molecule has 2 fully saturated rings. The number of nitrogens with zero attached hydrogens (tertiary/aromatic N) is 5. The maximum Gasteiger partial charge on any atom is 0.275 e. The highest BCUT2D eigenvalue weighted by atomic mass is 32.2. The van der Waals surface area contributed by atoms with Gasteiger partial charge in [-0.05, 0) is 12.8 Å². The second-order valence-corrected chi connectivity index (χ2v) is 10.3. The number of aromatic nitrogens is 3. The van der Waals surface area contributed by atoms with Crippen molar-refractivity contribution < 1.29 is 8.42 Å². The van der Waals surface area contributed by atoms with E-state index in [9.17, 15) is 13.2 Å². The molecule has 0 aliphatic carbocycles. The summed E-state index contributed by atoms with van der Waals surface area (Å²) in [6, 6.07) is 1.74. The quantitative estimate of drug-likeness (QED) is 0.719. The summed E-state index contributed by atoms with van der Waals surface area (Å²) >= 11 is 1.46. The molecule has 10 heteroatoms. The first-order chi connectivity index (χ1) is 12.4. The third-order valence-electron chi connectivity index (χ3n) is 5.16. The summed E-state index contributed by atoms with van der Waals surface area (Å²) in [5.74, 6) is 0.619. The Kier molecular flexibility index (Phi) is 4.84. The van der Waals surface area contributed by atoms with E-state index in [0.717, 1.165) is 49.7 Å². The normalized spacial score (nSPS) is 24.4. The van der Waals surface area contributed by atoms with Gasteiger partial charge in [-0.25, -0.2) is 13.4 Å². The molecule has 0 amide bonds. The Morgan fingerprint density at radius 2 is 2.04 bits per heavy atom. The minimum absolute atomic E-state index is 0.129. The van der Waals surface area contributed by atoms with Crippen molar-refractivity contribution in [1.29, 1.82) is 0 Å². The maximum atomic E-state index is 12.2. The van der Waals surface area contributed by atoms with Crippen LogP contribution in [-0.2, 0) is 22.8 Å². The van der Waals surface area contributed by atoms with Gasteiger partial charge in [-0.1, -0.05) is 18.3 Å². The van der Waals surface area contributed by atoms with Gasteiger partial charge >= 0.3 is 0 Å². The van der Waals surface area contributed by atoms with Crippen molar-refractivity contribution in [3.05, 3.63) is 27.1 Å². The van der Waals surface area contributed by atoms with Gasteiger partial charge in [0.2, 0.25) is 4.96 Å². The second-order valence-electron chi connectivity index (χ2n) is 7.00. The van der Waals surface area contributed by atoms with Crippen LogP contribution in [0.4, 0.5) is 0 Å². The van der Waals surface area contributed by atoms with Crippen molar-refractivity contribution in [2.75, 3.05) is 37.7 Å². The summed E-state index contributed by atoms with van der Waals surface area (Å²) < 4.78 is 24.7. The van der Waals surface area contributed by atoms with Crippen molar-refractivity contribution in [3.8, 4) is 0 Å². The zero-order chi connectivity index (χ0) is 18.3. The van der Waals surface area contributed by atoms with Crippen LogP contribution in [0.15, 0.2) is 10.9 Å². The Labute approximate surface area is 156 Å². The molecule has 0 N–H and O–H groups in total. The zero-order valence-corrected chi connectivity index (χ0v) is 16.4. The van der Waals surface area contributed by atoms with Crippen LogP contribution in [0, 0.1) is 0 Å². The van der Waals surface area contributed by atoms with Gasteiger partial charge in [0.15, 0.2) is 9.84 Å². The molecule has 0 bridgehead atoms.